The van der Waals surface area contributed by atoms with E-state index in [0.717, 1.165) is 35.7 Å². The number of thioether (sulfide) groups is 1. The van der Waals surface area contributed by atoms with E-state index in [4.69, 9.17) is 4.74 Å². The van der Waals surface area contributed by atoms with Gasteiger partial charge in [0, 0.05) is 36.0 Å². The summed E-state index contributed by atoms with van der Waals surface area (Å²) in [7, 11) is 0. The zero-order chi connectivity index (χ0) is 19.1. The van der Waals surface area contributed by atoms with Crippen molar-refractivity contribution >= 4 is 29.2 Å². The van der Waals surface area contributed by atoms with Crippen LogP contribution in [0.3, 0.4) is 0 Å². The van der Waals surface area contributed by atoms with Gasteiger partial charge in [-0.2, -0.15) is 11.8 Å². The number of benzene rings is 2. The minimum atomic E-state index is -0.215. The molecule has 0 saturated carbocycles. The molecule has 0 aliphatic carbocycles. The number of urea groups is 1. The van der Waals surface area contributed by atoms with Gasteiger partial charge in [-0.3, -0.25) is 0 Å². The van der Waals surface area contributed by atoms with Gasteiger partial charge in [-0.05, 0) is 55.3 Å². The summed E-state index contributed by atoms with van der Waals surface area (Å²) in [5, 5.41) is 5.75. The minimum Gasteiger partial charge on any atom is -0.492 e. The fourth-order valence-corrected chi connectivity index (χ4v) is 3.91. The molecule has 2 aromatic rings. The van der Waals surface area contributed by atoms with Gasteiger partial charge in [-0.1, -0.05) is 12.1 Å². The van der Waals surface area contributed by atoms with Crippen molar-refractivity contribution in [2.45, 2.75) is 13.8 Å². The van der Waals surface area contributed by atoms with Crippen molar-refractivity contribution < 1.29 is 9.53 Å². The van der Waals surface area contributed by atoms with E-state index in [-0.39, 0.29) is 6.03 Å². The van der Waals surface area contributed by atoms with Crippen molar-refractivity contribution in [3.63, 3.8) is 0 Å². The van der Waals surface area contributed by atoms with Gasteiger partial charge in [-0.25, -0.2) is 4.79 Å². The number of carbonyl (C=O) groups excluding carboxylic acids is 1. The molecule has 2 amide bonds. The van der Waals surface area contributed by atoms with Crippen LogP contribution in [0.2, 0.25) is 0 Å². The van der Waals surface area contributed by atoms with E-state index >= 15 is 0 Å². The Hall–Kier alpha value is -2.34. The summed E-state index contributed by atoms with van der Waals surface area (Å²) in [4.78, 5) is 14.5. The van der Waals surface area contributed by atoms with Crippen LogP contribution in [0.25, 0.3) is 0 Å². The van der Waals surface area contributed by atoms with Gasteiger partial charge in [0.25, 0.3) is 0 Å². The van der Waals surface area contributed by atoms with E-state index in [0.29, 0.717) is 13.2 Å². The molecular formula is C21H27N3O2S. The van der Waals surface area contributed by atoms with Gasteiger partial charge >= 0.3 is 6.03 Å². The second kappa shape index (κ2) is 9.55. The molecule has 6 heteroatoms. The third kappa shape index (κ3) is 5.82. The van der Waals surface area contributed by atoms with Crippen LogP contribution in [0, 0.1) is 13.8 Å². The Kier molecular flexibility index (Phi) is 6.87. The number of hydrogen-bond donors (Lipinski definition) is 2. The number of aryl methyl sites for hydroxylation is 2. The third-order valence-corrected chi connectivity index (χ3v) is 5.42. The highest BCUT2D eigenvalue weighted by Crippen LogP contribution is 2.25. The molecule has 5 nitrogen and oxygen atoms in total. The fourth-order valence-electron chi connectivity index (χ4n) is 3.01. The minimum absolute atomic E-state index is 0.215. The third-order valence-electron chi connectivity index (χ3n) is 4.48. The number of carbonyl (C=O) groups is 1. The summed E-state index contributed by atoms with van der Waals surface area (Å²) in [5.74, 6) is 3.16. The Morgan fingerprint density at radius 1 is 1.15 bits per heavy atom. The maximum Gasteiger partial charge on any atom is 0.319 e. The molecule has 2 aromatic carbocycles. The largest absolute Gasteiger partial charge is 0.492 e. The van der Waals surface area contributed by atoms with Crippen LogP contribution < -0.4 is 20.3 Å². The van der Waals surface area contributed by atoms with Crippen molar-refractivity contribution in [2.75, 3.05) is 48.0 Å². The van der Waals surface area contributed by atoms with Crippen molar-refractivity contribution in [3.05, 3.63) is 53.6 Å². The van der Waals surface area contributed by atoms with Gasteiger partial charge in [0.2, 0.25) is 0 Å². The highest BCUT2D eigenvalue weighted by atomic mass is 32.2. The molecule has 1 fully saturated rings. The molecule has 2 N–H and O–H groups in total. The molecule has 1 saturated heterocycles. The predicted octanol–water partition coefficient (Wildman–Crippen LogP) is 4.06. The Balaban J connectivity index is 1.44. The van der Waals surface area contributed by atoms with Gasteiger partial charge in [0.15, 0.2) is 0 Å². The Morgan fingerprint density at radius 3 is 2.70 bits per heavy atom. The maximum absolute atomic E-state index is 12.1. The topological polar surface area (TPSA) is 53.6 Å². The first kappa shape index (κ1) is 19.4. The first-order valence-electron chi connectivity index (χ1n) is 9.29. The Labute approximate surface area is 165 Å². The van der Waals surface area contributed by atoms with Crippen LogP contribution >= 0.6 is 11.8 Å². The predicted molar refractivity (Wildman–Crippen MR) is 114 cm³/mol. The second-order valence-corrected chi connectivity index (χ2v) is 7.87. The van der Waals surface area contributed by atoms with Crippen LogP contribution in [0.15, 0.2) is 42.5 Å². The standard InChI is InChI=1S/C21H27N3O2S/c1-16-4-3-5-19(14-16)26-11-8-22-21(25)23-20-7-6-18(15-17(20)2)24-9-12-27-13-10-24/h3-7,14-15H,8-13H2,1-2H3,(H2,22,23,25). The van der Waals surface area contributed by atoms with E-state index in [2.05, 4.69) is 27.7 Å². The molecule has 1 aliphatic heterocycles. The molecular weight excluding hydrogens is 358 g/mol. The molecule has 0 spiro atoms. The highest BCUT2D eigenvalue weighted by molar-refractivity contribution is 7.99. The molecule has 1 aliphatic rings. The number of nitrogens with zero attached hydrogens (tertiary/aromatic N) is 1. The number of amides is 2. The molecule has 0 radical (unpaired) electrons. The van der Waals surface area contributed by atoms with Crippen molar-refractivity contribution in [2.24, 2.45) is 0 Å². The normalized spacial score (nSPS) is 13.9. The first-order chi connectivity index (χ1) is 13.1. The van der Waals surface area contributed by atoms with E-state index in [1.165, 1.54) is 17.2 Å². The molecule has 0 aromatic heterocycles. The monoisotopic (exact) mass is 385 g/mol. The maximum atomic E-state index is 12.1. The fraction of sp³-hybridized carbons (Fsp3) is 0.381. The first-order valence-corrected chi connectivity index (χ1v) is 10.4. The van der Waals surface area contributed by atoms with E-state index < -0.39 is 0 Å². The van der Waals surface area contributed by atoms with Crippen LogP contribution in [0.5, 0.6) is 5.75 Å². The molecule has 0 atom stereocenters. The summed E-state index contributed by atoms with van der Waals surface area (Å²) in [5.41, 5.74) is 4.28. The van der Waals surface area contributed by atoms with E-state index in [9.17, 15) is 4.79 Å². The van der Waals surface area contributed by atoms with Gasteiger partial charge < -0.3 is 20.3 Å². The van der Waals surface area contributed by atoms with Crippen LogP contribution in [0.4, 0.5) is 16.2 Å². The molecule has 27 heavy (non-hydrogen) atoms. The second-order valence-electron chi connectivity index (χ2n) is 6.64. The number of nitrogens with one attached hydrogen (secondary N) is 2. The number of ether oxygens (including phenoxy) is 1. The lowest BCUT2D eigenvalue weighted by molar-refractivity contribution is 0.247. The Bertz CT molecular complexity index is 776. The van der Waals surface area contributed by atoms with E-state index in [1.807, 2.05) is 55.9 Å². The van der Waals surface area contributed by atoms with Crippen LogP contribution in [-0.2, 0) is 0 Å². The highest BCUT2D eigenvalue weighted by Gasteiger charge is 2.12. The van der Waals surface area contributed by atoms with Gasteiger partial charge in [-0.15, -0.1) is 0 Å². The molecule has 144 valence electrons. The summed E-state index contributed by atoms with van der Waals surface area (Å²) >= 11 is 2.00. The zero-order valence-corrected chi connectivity index (χ0v) is 16.8. The SMILES string of the molecule is Cc1cccc(OCCNC(=O)Nc2ccc(N3CCSCC3)cc2C)c1. The quantitative estimate of drug-likeness (QED) is 0.737. The molecule has 0 bridgehead atoms. The molecule has 3 rings (SSSR count). The van der Waals surface area contributed by atoms with Gasteiger partial charge in [0.1, 0.15) is 12.4 Å². The summed E-state index contributed by atoms with van der Waals surface area (Å²) < 4.78 is 5.64. The van der Waals surface area contributed by atoms with Crippen molar-refractivity contribution in [1.29, 1.82) is 0 Å². The van der Waals surface area contributed by atoms with Crippen LogP contribution in [0.1, 0.15) is 11.1 Å². The molecule has 0 unspecified atom stereocenters. The number of hydrogen-bond acceptors (Lipinski definition) is 4. The van der Waals surface area contributed by atoms with Crippen LogP contribution in [-0.4, -0.2) is 43.8 Å². The number of rotatable bonds is 6. The number of anilines is 2. The Morgan fingerprint density at radius 2 is 1.96 bits per heavy atom. The lowest BCUT2D eigenvalue weighted by atomic mass is 10.1. The van der Waals surface area contributed by atoms with Crippen molar-refractivity contribution in [3.8, 4) is 5.75 Å². The summed E-state index contributed by atoms with van der Waals surface area (Å²) in [6.45, 7) is 7.09. The van der Waals surface area contributed by atoms with E-state index in [1.54, 1.807) is 0 Å². The summed E-state index contributed by atoms with van der Waals surface area (Å²) in [6, 6.07) is 13.9. The molecule has 1 heterocycles. The zero-order valence-electron chi connectivity index (χ0n) is 16.0. The summed E-state index contributed by atoms with van der Waals surface area (Å²) in [6.07, 6.45) is 0. The van der Waals surface area contributed by atoms with Crippen molar-refractivity contribution in [1.82, 2.24) is 5.32 Å². The lowest BCUT2D eigenvalue weighted by Gasteiger charge is -2.29. The average molecular weight is 386 g/mol. The average Bonchev–Trinajstić information content (AvgIpc) is 2.68. The lowest BCUT2D eigenvalue weighted by Crippen LogP contribution is -2.33. The smallest absolute Gasteiger partial charge is 0.319 e. The van der Waals surface area contributed by atoms with Gasteiger partial charge in [0.05, 0.1) is 6.54 Å².